The molecule has 4 atom stereocenters. The van der Waals surface area contributed by atoms with Gasteiger partial charge in [-0.05, 0) is 67.5 Å². The van der Waals surface area contributed by atoms with Gasteiger partial charge >= 0.3 is 12.2 Å². The predicted molar refractivity (Wildman–Crippen MR) is 249 cm³/mol. The van der Waals surface area contributed by atoms with Gasteiger partial charge in [0, 0.05) is 41.8 Å². The van der Waals surface area contributed by atoms with E-state index in [9.17, 15) is 39.0 Å². The van der Waals surface area contributed by atoms with Crippen LogP contribution in [0.2, 0.25) is 0 Å². The van der Waals surface area contributed by atoms with Gasteiger partial charge in [0.05, 0.1) is 11.0 Å². The number of nitrogens with one attached hydrogen (secondary N) is 4. The summed E-state index contributed by atoms with van der Waals surface area (Å²) in [6.45, 7) is 3.53. The van der Waals surface area contributed by atoms with Gasteiger partial charge in [-0.2, -0.15) is 0 Å². The molecular weight excluding hydrogens is 827 g/mol. The molecule has 2 aliphatic heterocycles. The van der Waals surface area contributed by atoms with Gasteiger partial charge in [0.2, 0.25) is 11.8 Å². The van der Waals surface area contributed by atoms with Gasteiger partial charge in [-0.1, -0.05) is 125 Å². The highest BCUT2D eigenvalue weighted by molar-refractivity contribution is 6.11. The third kappa shape index (κ3) is 11.1. The molecule has 0 radical (unpaired) electrons. The van der Waals surface area contributed by atoms with Gasteiger partial charge < -0.3 is 45.8 Å². The summed E-state index contributed by atoms with van der Waals surface area (Å²) in [6.07, 6.45) is 8.53. The lowest BCUT2D eigenvalue weighted by atomic mass is 10.0. The maximum absolute atomic E-state index is 14.0. The normalized spacial score (nSPS) is 16.9. The van der Waals surface area contributed by atoms with Crippen molar-refractivity contribution in [1.29, 1.82) is 0 Å². The van der Waals surface area contributed by atoms with Gasteiger partial charge in [-0.25, -0.2) is 9.59 Å². The minimum Gasteiger partial charge on any atom is -0.465 e. The van der Waals surface area contributed by atoms with E-state index >= 15 is 0 Å². The van der Waals surface area contributed by atoms with E-state index < -0.39 is 48.2 Å². The van der Waals surface area contributed by atoms with Crippen molar-refractivity contribution in [3.63, 3.8) is 0 Å². The predicted octanol–water partition coefficient (Wildman–Crippen LogP) is 8.81. The number of carboxylic acid groups (broad SMARTS) is 2. The van der Waals surface area contributed by atoms with Crippen molar-refractivity contribution in [2.24, 2.45) is 0 Å². The van der Waals surface area contributed by atoms with Crippen molar-refractivity contribution in [2.75, 3.05) is 23.7 Å². The van der Waals surface area contributed by atoms with Crippen molar-refractivity contribution in [1.82, 2.24) is 25.0 Å². The second-order valence-corrected chi connectivity index (χ2v) is 17.0. The van der Waals surface area contributed by atoms with Gasteiger partial charge in [0.15, 0.2) is 0 Å². The molecule has 0 spiro atoms. The van der Waals surface area contributed by atoms with E-state index in [0.717, 1.165) is 41.1 Å². The number of aryl methyl sites for hydroxylation is 1. The fourth-order valence-electron chi connectivity index (χ4n) is 9.40. The number of carbonyl (C=O) groups excluding carboxylic acids is 4. The number of hydrogen-bond acceptors (Lipinski definition) is 6. The summed E-state index contributed by atoms with van der Waals surface area (Å²) in [5.74, 6) is -1.69. The third-order valence-corrected chi connectivity index (χ3v) is 12.6. The molecule has 3 heterocycles. The summed E-state index contributed by atoms with van der Waals surface area (Å²) < 4.78 is 2.22. The number of aromatic nitrogens is 1. The van der Waals surface area contributed by atoms with Crippen LogP contribution in [-0.4, -0.2) is 85.6 Å². The van der Waals surface area contributed by atoms with E-state index in [0.29, 0.717) is 67.8 Å². The number of unbranched alkanes of at least 4 members (excludes halogenated alkanes) is 7. The molecule has 6 N–H and O–H groups in total. The Hall–Kier alpha value is -6.90. The Morgan fingerprint density at radius 2 is 0.985 bits per heavy atom. The van der Waals surface area contributed by atoms with Crippen LogP contribution in [0.25, 0.3) is 21.8 Å². The van der Waals surface area contributed by atoms with Gasteiger partial charge in [-0.3, -0.25) is 19.2 Å². The molecule has 65 heavy (non-hydrogen) atoms. The first-order valence-electron chi connectivity index (χ1n) is 22.9. The molecule has 2 aliphatic rings. The van der Waals surface area contributed by atoms with Crippen LogP contribution >= 0.6 is 0 Å². The van der Waals surface area contributed by atoms with E-state index in [-0.39, 0.29) is 11.8 Å². The molecular formula is C50H59N7O8. The van der Waals surface area contributed by atoms with Crippen LogP contribution in [0.15, 0.2) is 97.1 Å². The Morgan fingerprint density at radius 1 is 0.569 bits per heavy atom. The lowest BCUT2D eigenvalue weighted by molar-refractivity contribution is -0.138. The number of amides is 6. The Morgan fingerprint density at radius 3 is 1.40 bits per heavy atom. The average Bonchev–Trinajstić information content (AvgIpc) is 4.07. The van der Waals surface area contributed by atoms with E-state index in [4.69, 9.17) is 0 Å². The lowest BCUT2D eigenvalue weighted by Crippen LogP contribution is -2.48. The van der Waals surface area contributed by atoms with Crippen molar-refractivity contribution in [3.8, 4) is 0 Å². The number of anilines is 2. The second kappa shape index (κ2) is 21.7. The molecule has 342 valence electrons. The van der Waals surface area contributed by atoms with E-state index in [2.05, 4.69) is 32.8 Å². The molecule has 7 rings (SSSR count). The van der Waals surface area contributed by atoms with Crippen molar-refractivity contribution in [3.05, 3.63) is 108 Å². The van der Waals surface area contributed by atoms with Crippen LogP contribution in [0.4, 0.5) is 21.0 Å². The number of benzene rings is 4. The topological polar surface area (TPSA) is 202 Å². The molecule has 4 aromatic carbocycles. The number of likely N-dealkylation sites (tertiary alicyclic amines) is 2. The highest BCUT2D eigenvalue weighted by Crippen LogP contribution is 2.35. The molecule has 1 aromatic heterocycles. The van der Waals surface area contributed by atoms with Gasteiger partial charge in [-0.15, -0.1) is 0 Å². The molecule has 0 saturated carbocycles. The number of hydrogen-bond donors (Lipinski definition) is 6. The fourth-order valence-corrected chi connectivity index (χ4v) is 9.40. The van der Waals surface area contributed by atoms with Crippen molar-refractivity contribution >= 4 is 69.0 Å². The van der Waals surface area contributed by atoms with Crippen LogP contribution in [0.1, 0.15) is 107 Å². The zero-order valence-electron chi connectivity index (χ0n) is 36.8. The maximum Gasteiger partial charge on any atom is 0.405 e. The van der Waals surface area contributed by atoms with Crippen LogP contribution in [0.3, 0.4) is 0 Å². The highest BCUT2D eigenvalue weighted by atomic mass is 16.4. The molecule has 15 heteroatoms. The molecule has 0 bridgehead atoms. The van der Waals surface area contributed by atoms with Crippen molar-refractivity contribution in [2.45, 2.75) is 115 Å². The highest BCUT2D eigenvalue weighted by Gasteiger charge is 2.40. The lowest BCUT2D eigenvalue weighted by Gasteiger charge is -2.28. The smallest absolute Gasteiger partial charge is 0.405 e. The SMILES string of the molecule is CCCCCCCCCCn1c2cc(NC(=O)[C@@H]3CCCN3C(=O)C(NC(=O)O)c3ccccc3)ccc2c2ccc(NC(=O)[C@@H]3CCCN3C(=O)C(NC(=O)O)c3ccccc3)cc21. The minimum absolute atomic E-state index is 0.317. The van der Waals surface area contributed by atoms with Gasteiger partial charge in [0.1, 0.15) is 24.2 Å². The largest absolute Gasteiger partial charge is 0.465 e. The fraction of sp³-hybridized carbons (Fsp3) is 0.400. The summed E-state index contributed by atoms with van der Waals surface area (Å²) in [6, 6.07) is 24.8. The first kappa shape index (κ1) is 46.1. The van der Waals surface area contributed by atoms with Crippen molar-refractivity contribution < 1.29 is 39.0 Å². The zero-order valence-corrected chi connectivity index (χ0v) is 36.8. The molecule has 2 saturated heterocycles. The number of rotatable bonds is 19. The third-order valence-electron chi connectivity index (χ3n) is 12.6. The quantitative estimate of drug-likeness (QED) is 0.0442. The molecule has 2 unspecified atom stereocenters. The molecule has 0 aliphatic carbocycles. The second-order valence-electron chi connectivity index (χ2n) is 17.0. The molecule has 6 amide bonds. The van der Waals surface area contributed by atoms with E-state index in [1.54, 1.807) is 60.7 Å². The standard InChI is InChI=1S/C50H59N7O8/c1-2-3-4-5-6-7-8-15-28-55-41-31-35(51-45(58)39-22-16-29-56(39)47(60)43(53-49(62)63)33-18-11-9-12-19-33)24-26-37(41)38-27-25-36(32-42(38)55)52-46(59)40-23-17-30-57(40)48(61)44(54-50(64)65)34-20-13-10-14-21-34/h9-14,18-21,24-27,31-32,39-40,43-44,53-54H,2-8,15-17,22-23,28-30H2,1H3,(H,51,58)(H,52,59)(H,62,63)(H,64,65)/t39-,40-,43?,44?/m0/s1. The first-order valence-corrected chi connectivity index (χ1v) is 22.9. The monoisotopic (exact) mass is 885 g/mol. The summed E-state index contributed by atoms with van der Waals surface area (Å²) in [5.41, 5.74) is 3.86. The zero-order chi connectivity index (χ0) is 45.9. The van der Waals surface area contributed by atoms with Crippen LogP contribution in [0.5, 0.6) is 0 Å². The maximum atomic E-state index is 14.0. The van der Waals surface area contributed by atoms with E-state index in [1.807, 2.05) is 36.4 Å². The van der Waals surface area contributed by atoms with Crippen LogP contribution < -0.4 is 21.3 Å². The number of fused-ring (bicyclic) bond motifs is 3. The van der Waals surface area contributed by atoms with Crippen LogP contribution in [-0.2, 0) is 25.7 Å². The number of carbonyl (C=O) groups is 6. The molecule has 15 nitrogen and oxygen atoms in total. The summed E-state index contributed by atoms with van der Waals surface area (Å²) in [5, 5.41) is 31.9. The average molecular weight is 886 g/mol. The van der Waals surface area contributed by atoms with Gasteiger partial charge in [0.25, 0.3) is 11.8 Å². The summed E-state index contributed by atoms with van der Waals surface area (Å²) in [7, 11) is 0. The Balaban J connectivity index is 1.12. The first-order chi connectivity index (χ1) is 31.5. The van der Waals surface area contributed by atoms with Crippen LogP contribution in [0, 0.1) is 0 Å². The molecule has 5 aromatic rings. The minimum atomic E-state index is -1.34. The Labute approximate surface area is 378 Å². The summed E-state index contributed by atoms with van der Waals surface area (Å²) >= 11 is 0. The Bertz CT molecular complexity index is 2330. The summed E-state index contributed by atoms with van der Waals surface area (Å²) in [4.78, 5) is 82.1. The number of nitrogens with zero attached hydrogens (tertiary/aromatic N) is 3. The Kier molecular flexibility index (Phi) is 15.4. The molecule has 2 fully saturated rings. The van der Waals surface area contributed by atoms with E-state index in [1.165, 1.54) is 41.9 Å².